The third kappa shape index (κ3) is 2.07. The molecule has 1 atom stereocenters. The Bertz CT molecular complexity index is 467. The van der Waals surface area contributed by atoms with Crippen molar-refractivity contribution in [1.82, 2.24) is 5.16 Å². The van der Waals surface area contributed by atoms with Crippen LogP contribution in [-0.4, -0.2) is 17.7 Å². The molecular formula is C10H12FN3O. The molecule has 0 amide bonds. The maximum Gasteiger partial charge on any atom is 0.177 e. The van der Waals surface area contributed by atoms with Crippen LogP contribution in [0.25, 0.3) is 11.0 Å². The van der Waals surface area contributed by atoms with E-state index in [0.29, 0.717) is 17.9 Å². The Hall–Kier alpha value is -1.62. The third-order valence-corrected chi connectivity index (χ3v) is 2.03. The number of nitrogens with one attached hydrogen (secondary N) is 1. The Morgan fingerprint density at radius 3 is 3.13 bits per heavy atom. The molecule has 1 aromatic heterocycles. The van der Waals surface area contributed by atoms with Gasteiger partial charge in [0.25, 0.3) is 0 Å². The first-order chi connectivity index (χ1) is 7.16. The summed E-state index contributed by atoms with van der Waals surface area (Å²) in [6.07, 6.45) is 0. The smallest absolute Gasteiger partial charge is 0.177 e. The molecule has 0 radical (unpaired) electrons. The second kappa shape index (κ2) is 3.86. The molecule has 4 nitrogen and oxygen atoms in total. The van der Waals surface area contributed by atoms with Gasteiger partial charge in [-0.3, -0.25) is 0 Å². The molecule has 2 aromatic rings. The van der Waals surface area contributed by atoms with E-state index in [0.717, 1.165) is 5.39 Å². The fourth-order valence-corrected chi connectivity index (χ4v) is 1.30. The number of aromatic nitrogens is 1. The van der Waals surface area contributed by atoms with Crippen LogP contribution in [0.4, 0.5) is 10.2 Å². The number of benzene rings is 1. The van der Waals surface area contributed by atoms with Crippen molar-refractivity contribution in [3.63, 3.8) is 0 Å². The van der Waals surface area contributed by atoms with Crippen LogP contribution in [0.3, 0.4) is 0 Å². The minimum absolute atomic E-state index is 0.0252. The van der Waals surface area contributed by atoms with E-state index in [1.165, 1.54) is 12.1 Å². The SMILES string of the molecule is CC(N)CNc1noc2cc(F)ccc12. The average molecular weight is 209 g/mol. The molecule has 0 aliphatic rings. The molecule has 0 saturated heterocycles. The molecule has 2 rings (SSSR count). The number of hydrogen-bond acceptors (Lipinski definition) is 4. The second-order valence-electron chi connectivity index (χ2n) is 3.53. The van der Waals surface area contributed by atoms with Crippen molar-refractivity contribution in [2.75, 3.05) is 11.9 Å². The molecule has 1 heterocycles. The van der Waals surface area contributed by atoms with Crippen molar-refractivity contribution in [1.29, 1.82) is 0 Å². The molecule has 1 aromatic carbocycles. The van der Waals surface area contributed by atoms with Crippen LogP contribution in [-0.2, 0) is 0 Å². The highest BCUT2D eigenvalue weighted by Crippen LogP contribution is 2.22. The van der Waals surface area contributed by atoms with Crippen LogP contribution in [0.1, 0.15) is 6.92 Å². The summed E-state index contributed by atoms with van der Waals surface area (Å²) in [5, 5.41) is 7.60. The zero-order valence-corrected chi connectivity index (χ0v) is 8.33. The van der Waals surface area contributed by atoms with E-state index in [1.54, 1.807) is 6.07 Å². The highest BCUT2D eigenvalue weighted by Gasteiger charge is 2.08. The lowest BCUT2D eigenvalue weighted by atomic mass is 10.2. The lowest BCUT2D eigenvalue weighted by Crippen LogP contribution is -2.25. The Labute approximate surface area is 86.2 Å². The first-order valence-electron chi connectivity index (χ1n) is 4.71. The minimum Gasteiger partial charge on any atom is -0.365 e. The highest BCUT2D eigenvalue weighted by molar-refractivity contribution is 5.87. The predicted octanol–water partition coefficient (Wildman–Crippen LogP) is 1.73. The Kier molecular flexibility index (Phi) is 2.55. The van der Waals surface area contributed by atoms with E-state index < -0.39 is 0 Å². The molecule has 1 unspecified atom stereocenters. The van der Waals surface area contributed by atoms with Crippen molar-refractivity contribution in [2.45, 2.75) is 13.0 Å². The van der Waals surface area contributed by atoms with Gasteiger partial charge in [-0.05, 0) is 19.1 Å². The summed E-state index contributed by atoms with van der Waals surface area (Å²) in [7, 11) is 0. The fourth-order valence-electron chi connectivity index (χ4n) is 1.30. The molecular weight excluding hydrogens is 197 g/mol. The van der Waals surface area contributed by atoms with Gasteiger partial charge in [-0.25, -0.2) is 4.39 Å². The van der Waals surface area contributed by atoms with Gasteiger partial charge < -0.3 is 15.6 Å². The molecule has 0 spiro atoms. The lowest BCUT2D eigenvalue weighted by molar-refractivity contribution is 0.457. The van der Waals surface area contributed by atoms with Crippen molar-refractivity contribution in [2.24, 2.45) is 5.73 Å². The maximum atomic E-state index is 12.8. The Balaban J connectivity index is 2.29. The topological polar surface area (TPSA) is 64.1 Å². The Morgan fingerprint density at radius 1 is 1.60 bits per heavy atom. The van der Waals surface area contributed by atoms with Gasteiger partial charge in [0.1, 0.15) is 5.82 Å². The summed E-state index contributed by atoms with van der Waals surface area (Å²) in [5.41, 5.74) is 6.03. The van der Waals surface area contributed by atoms with Crippen LogP contribution in [0.5, 0.6) is 0 Å². The van der Waals surface area contributed by atoms with E-state index in [9.17, 15) is 4.39 Å². The molecule has 80 valence electrons. The zero-order chi connectivity index (χ0) is 10.8. The van der Waals surface area contributed by atoms with Gasteiger partial charge in [0, 0.05) is 18.7 Å². The van der Waals surface area contributed by atoms with Crippen molar-refractivity contribution in [3.05, 3.63) is 24.0 Å². The van der Waals surface area contributed by atoms with Crippen LogP contribution in [0.15, 0.2) is 22.7 Å². The van der Waals surface area contributed by atoms with Gasteiger partial charge >= 0.3 is 0 Å². The number of anilines is 1. The summed E-state index contributed by atoms with van der Waals surface area (Å²) in [4.78, 5) is 0. The summed E-state index contributed by atoms with van der Waals surface area (Å²) in [5.74, 6) is 0.264. The summed E-state index contributed by atoms with van der Waals surface area (Å²) in [6.45, 7) is 2.48. The first kappa shape index (κ1) is 9.92. The molecule has 0 aliphatic heterocycles. The third-order valence-electron chi connectivity index (χ3n) is 2.03. The molecule has 0 aliphatic carbocycles. The summed E-state index contributed by atoms with van der Waals surface area (Å²) >= 11 is 0. The second-order valence-corrected chi connectivity index (χ2v) is 3.53. The number of nitrogens with zero attached hydrogens (tertiary/aromatic N) is 1. The summed E-state index contributed by atoms with van der Waals surface area (Å²) < 4.78 is 17.8. The highest BCUT2D eigenvalue weighted by atomic mass is 19.1. The molecule has 0 saturated carbocycles. The van der Waals surface area contributed by atoms with E-state index in [2.05, 4.69) is 10.5 Å². The standard InChI is InChI=1S/C10H12FN3O/c1-6(12)5-13-10-8-3-2-7(11)4-9(8)15-14-10/h2-4,6H,5,12H2,1H3,(H,13,14). The van der Waals surface area contributed by atoms with Crippen LogP contribution in [0.2, 0.25) is 0 Å². The van der Waals surface area contributed by atoms with Gasteiger partial charge in [0.15, 0.2) is 11.4 Å². The zero-order valence-electron chi connectivity index (χ0n) is 8.33. The van der Waals surface area contributed by atoms with Gasteiger partial charge in [-0.1, -0.05) is 5.16 Å². The van der Waals surface area contributed by atoms with Gasteiger partial charge in [0.2, 0.25) is 0 Å². The van der Waals surface area contributed by atoms with Gasteiger partial charge in [0.05, 0.1) is 5.39 Å². The quantitative estimate of drug-likeness (QED) is 0.808. The van der Waals surface area contributed by atoms with Crippen molar-refractivity contribution >= 4 is 16.8 Å². The van der Waals surface area contributed by atoms with Gasteiger partial charge in [-0.2, -0.15) is 0 Å². The molecule has 5 heteroatoms. The Morgan fingerprint density at radius 2 is 2.40 bits per heavy atom. The normalized spacial score (nSPS) is 13.0. The number of hydrogen-bond donors (Lipinski definition) is 2. The van der Waals surface area contributed by atoms with Crippen molar-refractivity contribution < 1.29 is 8.91 Å². The average Bonchev–Trinajstić information content (AvgIpc) is 2.57. The molecule has 0 fully saturated rings. The maximum absolute atomic E-state index is 12.8. The molecule has 15 heavy (non-hydrogen) atoms. The lowest BCUT2D eigenvalue weighted by Gasteiger charge is -2.05. The first-order valence-corrected chi connectivity index (χ1v) is 4.71. The number of fused-ring (bicyclic) bond motifs is 1. The van der Waals surface area contributed by atoms with E-state index >= 15 is 0 Å². The molecule has 3 N–H and O–H groups in total. The predicted molar refractivity (Wildman–Crippen MR) is 56.1 cm³/mol. The van der Waals surface area contributed by atoms with Crippen LogP contribution < -0.4 is 11.1 Å². The summed E-state index contributed by atoms with van der Waals surface area (Å²) in [6, 6.07) is 4.33. The monoisotopic (exact) mass is 209 g/mol. The number of rotatable bonds is 3. The van der Waals surface area contributed by atoms with E-state index in [4.69, 9.17) is 10.3 Å². The van der Waals surface area contributed by atoms with E-state index in [1.807, 2.05) is 6.92 Å². The minimum atomic E-state index is -0.336. The largest absolute Gasteiger partial charge is 0.365 e. The number of halogens is 1. The van der Waals surface area contributed by atoms with Gasteiger partial charge in [-0.15, -0.1) is 0 Å². The number of nitrogens with two attached hydrogens (primary N) is 1. The fraction of sp³-hybridized carbons (Fsp3) is 0.300. The van der Waals surface area contributed by atoms with Crippen LogP contribution in [0, 0.1) is 5.82 Å². The van der Waals surface area contributed by atoms with Crippen molar-refractivity contribution in [3.8, 4) is 0 Å². The van der Waals surface area contributed by atoms with E-state index in [-0.39, 0.29) is 11.9 Å². The van der Waals surface area contributed by atoms with Crippen LogP contribution >= 0.6 is 0 Å². The molecule has 0 bridgehead atoms.